The molecular formula is C22H24N4O3. The normalized spacial score (nSPS) is 14.2. The quantitative estimate of drug-likeness (QED) is 0.713. The predicted molar refractivity (Wildman–Crippen MR) is 110 cm³/mol. The van der Waals surface area contributed by atoms with Crippen LogP contribution in [0.25, 0.3) is 0 Å². The lowest BCUT2D eigenvalue weighted by molar-refractivity contribution is -0.133. The minimum Gasteiger partial charge on any atom is -0.368 e. The molecule has 0 spiro atoms. The molecule has 0 saturated carbocycles. The van der Waals surface area contributed by atoms with E-state index in [9.17, 15) is 14.4 Å². The molecule has 1 unspecified atom stereocenters. The molecular weight excluding hydrogens is 368 g/mol. The maximum absolute atomic E-state index is 12.4. The number of nitrogens with two attached hydrogens (primary N) is 1. The predicted octanol–water partition coefficient (Wildman–Crippen LogP) is 1.62. The summed E-state index contributed by atoms with van der Waals surface area (Å²) in [5.74, 6) is -1.21. The first-order valence-electron chi connectivity index (χ1n) is 9.59. The van der Waals surface area contributed by atoms with E-state index in [0.29, 0.717) is 19.4 Å². The average molecular weight is 392 g/mol. The highest BCUT2D eigenvalue weighted by Gasteiger charge is 2.23. The van der Waals surface area contributed by atoms with Gasteiger partial charge in [-0.25, -0.2) is 5.01 Å². The monoisotopic (exact) mass is 392 g/mol. The molecule has 1 aliphatic rings. The second kappa shape index (κ2) is 9.64. The molecule has 29 heavy (non-hydrogen) atoms. The van der Waals surface area contributed by atoms with Crippen molar-refractivity contribution in [2.24, 2.45) is 10.8 Å². The third-order valence-corrected chi connectivity index (χ3v) is 4.72. The first-order chi connectivity index (χ1) is 14.0. The molecule has 1 aliphatic heterocycles. The fraction of sp³-hybridized carbons (Fsp3) is 0.273. The van der Waals surface area contributed by atoms with Crippen molar-refractivity contribution in [3.8, 4) is 0 Å². The van der Waals surface area contributed by atoms with Crippen molar-refractivity contribution >= 4 is 23.4 Å². The second-order valence-electron chi connectivity index (χ2n) is 6.89. The lowest BCUT2D eigenvalue weighted by atomic mass is 10.1. The van der Waals surface area contributed by atoms with Gasteiger partial charge in [-0.05, 0) is 11.1 Å². The number of hydrogen-bond acceptors (Lipinski definition) is 4. The summed E-state index contributed by atoms with van der Waals surface area (Å²) >= 11 is 0. The van der Waals surface area contributed by atoms with Gasteiger partial charge in [-0.1, -0.05) is 60.7 Å². The molecule has 0 aliphatic carbocycles. The van der Waals surface area contributed by atoms with Gasteiger partial charge in [-0.3, -0.25) is 14.4 Å². The first-order valence-corrected chi connectivity index (χ1v) is 9.59. The van der Waals surface area contributed by atoms with Crippen molar-refractivity contribution in [2.45, 2.75) is 31.7 Å². The van der Waals surface area contributed by atoms with Gasteiger partial charge in [0, 0.05) is 25.7 Å². The summed E-state index contributed by atoms with van der Waals surface area (Å²) in [6.45, 7) is 0.503. The molecule has 2 aromatic carbocycles. The van der Waals surface area contributed by atoms with Crippen LogP contribution in [-0.4, -0.2) is 41.0 Å². The van der Waals surface area contributed by atoms with Crippen molar-refractivity contribution < 1.29 is 14.4 Å². The van der Waals surface area contributed by atoms with Gasteiger partial charge in [-0.15, -0.1) is 0 Å². The van der Waals surface area contributed by atoms with E-state index in [2.05, 4.69) is 10.4 Å². The Kier molecular flexibility index (Phi) is 6.73. The standard InChI is InChI=1S/C22H24N4O3/c23-22(29)19(15-16-7-3-1-4-8-16)24-20(27)11-12-21(28)26-14-13-18(25-26)17-9-5-2-6-10-17/h1-10,19H,11-15H2,(H2,23,29)(H,24,27). The Morgan fingerprint density at radius 3 is 2.31 bits per heavy atom. The summed E-state index contributed by atoms with van der Waals surface area (Å²) in [6.07, 6.45) is 0.994. The van der Waals surface area contributed by atoms with Crippen molar-refractivity contribution in [2.75, 3.05) is 6.54 Å². The fourth-order valence-electron chi connectivity index (χ4n) is 3.16. The van der Waals surface area contributed by atoms with Gasteiger partial charge in [0.2, 0.25) is 17.7 Å². The van der Waals surface area contributed by atoms with Crippen molar-refractivity contribution in [1.82, 2.24) is 10.3 Å². The van der Waals surface area contributed by atoms with E-state index in [-0.39, 0.29) is 24.7 Å². The number of rotatable bonds is 8. The van der Waals surface area contributed by atoms with E-state index in [4.69, 9.17) is 5.73 Å². The minimum atomic E-state index is -0.811. The molecule has 7 heteroatoms. The van der Waals surface area contributed by atoms with E-state index in [1.54, 1.807) is 0 Å². The zero-order chi connectivity index (χ0) is 20.6. The van der Waals surface area contributed by atoms with Gasteiger partial charge < -0.3 is 11.1 Å². The smallest absolute Gasteiger partial charge is 0.243 e. The van der Waals surface area contributed by atoms with Crippen LogP contribution in [0.2, 0.25) is 0 Å². The highest BCUT2D eigenvalue weighted by atomic mass is 16.2. The van der Waals surface area contributed by atoms with Crippen LogP contribution in [-0.2, 0) is 20.8 Å². The van der Waals surface area contributed by atoms with Gasteiger partial charge in [-0.2, -0.15) is 5.10 Å². The van der Waals surface area contributed by atoms with Crippen LogP contribution < -0.4 is 11.1 Å². The zero-order valence-electron chi connectivity index (χ0n) is 16.1. The zero-order valence-corrected chi connectivity index (χ0v) is 16.1. The van der Waals surface area contributed by atoms with E-state index >= 15 is 0 Å². The lowest BCUT2D eigenvalue weighted by Crippen LogP contribution is -2.46. The van der Waals surface area contributed by atoms with Crippen molar-refractivity contribution in [3.63, 3.8) is 0 Å². The van der Waals surface area contributed by atoms with Crippen LogP contribution in [0.3, 0.4) is 0 Å². The van der Waals surface area contributed by atoms with E-state index in [0.717, 1.165) is 16.8 Å². The maximum Gasteiger partial charge on any atom is 0.243 e. The highest BCUT2D eigenvalue weighted by Crippen LogP contribution is 2.15. The van der Waals surface area contributed by atoms with Gasteiger partial charge in [0.15, 0.2) is 0 Å². The first kappa shape index (κ1) is 20.3. The van der Waals surface area contributed by atoms with Crippen molar-refractivity contribution in [3.05, 3.63) is 71.8 Å². The Morgan fingerprint density at radius 2 is 1.66 bits per heavy atom. The molecule has 3 N–H and O–H groups in total. The summed E-state index contributed by atoms with van der Waals surface area (Å²) < 4.78 is 0. The van der Waals surface area contributed by atoms with Crippen molar-refractivity contribution in [1.29, 1.82) is 0 Å². The van der Waals surface area contributed by atoms with E-state index in [1.807, 2.05) is 60.7 Å². The van der Waals surface area contributed by atoms with E-state index < -0.39 is 11.9 Å². The number of carbonyl (C=O) groups is 3. The number of primary amides is 1. The van der Waals surface area contributed by atoms with Crippen LogP contribution in [0.15, 0.2) is 65.8 Å². The Balaban J connectivity index is 1.50. The number of nitrogens with one attached hydrogen (secondary N) is 1. The van der Waals surface area contributed by atoms with Gasteiger partial charge in [0.25, 0.3) is 0 Å². The third-order valence-electron chi connectivity index (χ3n) is 4.72. The Labute approximate surface area is 169 Å². The molecule has 7 nitrogen and oxygen atoms in total. The van der Waals surface area contributed by atoms with Gasteiger partial charge in [0.1, 0.15) is 6.04 Å². The topological polar surface area (TPSA) is 105 Å². The maximum atomic E-state index is 12.4. The summed E-state index contributed by atoms with van der Waals surface area (Å²) in [6, 6.07) is 18.2. The summed E-state index contributed by atoms with van der Waals surface area (Å²) in [5, 5.41) is 8.41. The summed E-state index contributed by atoms with van der Waals surface area (Å²) in [4.78, 5) is 36.3. The molecule has 3 amide bonds. The molecule has 0 saturated heterocycles. The Hall–Kier alpha value is -3.48. The van der Waals surface area contributed by atoms with Crippen LogP contribution in [0.4, 0.5) is 0 Å². The molecule has 0 fully saturated rings. The number of hydrogen-bond donors (Lipinski definition) is 2. The molecule has 0 radical (unpaired) electrons. The number of benzene rings is 2. The lowest BCUT2D eigenvalue weighted by Gasteiger charge is -2.16. The number of amides is 3. The Morgan fingerprint density at radius 1 is 1.00 bits per heavy atom. The van der Waals surface area contributed by atoms with Crippen LogP contribution >= 0.6 is 0 Å². The number of hydrazone groups is 1. The van der Waals surface area contributed by atoms with Crippen LogP contribution in [0.5, 0.6) is 0 Å². The largest absolute Gasteiger partial charge is 0.368 e. The Bertz CT molecular complexity index is 897. The van der Waals surface area contributed by atoms with E-state index in [1.165, 1.54) is 5.01 Å². The third kappa shape index (κ3) is 5.75. The van der Waals surface area contributed by atoms with Crippen LogP contribution in [0.1, 0.15) is 30.4 Å². The number of nitrogens with zero attached hydrogens (tertiary/aromatic N) is 2. The van der Waals surface area contributed by atoms with Gasteiger partial charge >= 0.3 is 0 Å². The fourth-order valence-corrected chi connectivity index (χ4v) is 3.16. The molecule has 1 atom stereocenters. The summed E-state index contributed by atoms with van der Waals surface area (Å²) in [5.41, 5.74) is 8.16. The number of carbonyl (C=O) groups excluding carboxylic acids is 3. The minimum absolute atomic E-state index is 0.0220. The molecule has 0 bridgehead atoms. The molecule has 2 aromatic rings. The highest BCUT2D eigenvalue weighted by molar-refractivity contribution is 6.02. The average Bonchev–Trinajstić information content (AvgIpc) is 3.23. The summed E-state index contributed by atoms with van der Waals surface area (Å²) in [7, 11) is 0. The van der Waals surface area contributed by atoms with Gasteiger partial charge in [0.05, 0.1) is 12.3 Å². The molecule has 0 aromatic heterocycles. The molecule has 1 heterocycles. The van der Waals surface area contributed by atoms with Crippen LogP contribution in [0, 0.1) is 0 Å². The SMILES string of the molecule is NC(=O)C(Cc1ccccc1)NC(=O)CCC(=O)N1CCC(c2ccccc2)=N1. The second-order valence-corrected chi connectivity index (χ2v) is 6.89. The molecule has 150 valence electrons. The molecule has 3 rings (SSSR count).